The molecule has 2 aliphatic rings. The van der Waals surface area contributed by atoms with E-state index in [1.165, 1.54) is 58.4 Å². The van der Waals surface area contributed by atoms with Crippen molar-refractivity contribution < 1.29 is 0 Å². The third-order valence-corrected chi connectivity index (χ3v) is 5.22. The lowest BCUT2D eigenvalue weighted by Crippen LogP contribution is -2.53. The fourth-order valence-corrected chi connectivity index (χ4v) is 4.10. The van der Waals surface area contributed by atoms with Gasteiger partial charge in [0.05, 0.1) is 0 Å². The van der Waals surface area contributed by atoms with E-state index in [1.807, 2.05) is 0 Å². The van der Waals surface area contributed by atoms with Crippen LogP contribution in [-0.2, 0) is 0 Å². The number of piperidine rings is 2. The van der Waals surface area contributed by atoms with Gasteiger partial charge in [0.1, 0.15) is 0 Å². The average molecular weight is 310 g/mol. The maximum Gasteiger partial charge on any atom is 0.0200 e. The first-order valence-corrected chi connectivity index (χ1v) is 9.38. The van der Waals surface area contributed by atoms with E-state index >= 15 is 0 Å². The highest BCUT2D eigenvalue weighted by Crippen LogP contribution is 2.25. The Morgan fingerprint density at radius 3 is 2.09 bits per heavy atom. The van der Waals surface area contributed by atoms with Gasteiger partial charge >= 0.3 is 0 Å². The van der Waals surface area contributed by atoms with Crippen molar-refractivity contribution in [3.8, 4) is 0 Å². The van der Waals surface area contributed by atoms with Gasteiger partial charge in [0.25, 0.3) is 0 Å². The first kappa shape index (κ1) is 18.2. The summed E-state index contributed by atoms with van der Waals surface area (Å²) in [6.07, 6.45) is 5.46. The lowest BCUT2D eigenvalue weighted by atomic mass is 9.91. The molecule has 2 heterocycles. The molecule has 0 radical (unpaired) electrons. The van der Waals surface area contributed by atoms with Gasteiger partial charge in [-0.25, -0.2) is 0 Å². The Balaban J connectivity index is 1.75. The second-order valence-electron chi connectivity index (χ2n) is 9.59. The summed E-state index contributed by atoms with van der Waals surface area (Å²) >= 11 is 0. The molecule has 0 bridgehead atoms. The van der Waals surface area contributed by atoms with E-state index in [0.717, 1.165) is 5.92 Å². The summed E-state index contributed by atoms with van der Waals surface area (Å²) in [5.74, 6) is 0.909. The predicted octanol–water partition coefficient (Wildman–Crippen LogP) is 3.35. The molecular formula is C19H39N3. The Bertz CT molecular complexity index is 332. The van der Waals surface area contributed by atoms with Crippen LogP contribution in [0.25, 0.3) is 0 Å². The van der Waals surface area contributed by atoms with E-state index in [9.17, 15) is 0 Å². The molecule has 0 aromatic heterocycles. The number of nitrogens with zero attached hydrogens (tertiary/aromatic N) is 2. The normalized spacial score (nSPS) is 27.3. The first-order valence-electron chi connectivity index (χ1n) is 9.38. The summed E-state index contributed by atoms with van der Waals surface area (Å²) in [4.78, 5) is 5.38. The zero-order valence-corrected chi connectivity index (χ0v) is 15.9. The van der Waals surface area contributed by atoms with Crippen molar-refractivity contribution >= 4 is 0 Å². The fraction of sp³-hybridized carbons (Fsp3) is 1.00. The minimum Gasteiger partial charge on any atom is -0.308 e. The molecular weight excluding hydrogens is 270 g/mol. The fourth-order valence-electron chi connectivity index (χ4n) is 4.10. The third kappa shape index (κ3) is 5.82. The van der Waals surface area contributed by atoms with E-state index in [1.54, 1.807) is 0 Å². The molecule has 0 unspecified atom stereocenters. The highest BCUT2D eigenvalue weighted by Gasteiger charge is 2.29. The van der Waals surface area contributed by atoms with Crippen LogP contribution in [0, 0.1) is 5.92 Å². The van der Waals surface area contributed by atoms with Crippen molar-refractivity contribution in [1.29, 1.82) is 0 Å². The first-order chi connectivity index (χ1) is 10.1. The lowest BCUT2D eigenvalue weighted by molar-refractivity contribution is 0.0670. The van der Waals surface area contributed by atoms with E-state index in [0.29, 0.717) is 11.6 Å². The van der Waals surface area contributed by atoms with Crippen molar-refractivity contribution in [2.24, 2.45) is 5.92 Å². The van der Waals surface area contributed by atoms with Gasteiger partial charge in [-0.05, 0) is 92.8 Å². The summed E-state index contributed by atoms with van der Waals surface area (Å²) in [6, 6.07) is 0.684. The minimum absolute atomic E-state index is 0.242. The molecule has 3 nitrogen and oxygen atoms in total. The quantitative estimate of drug-likeness (QED) is 0.862. The van der Waals surface area contributed by atoms with Gasteiger partial charge in [-0.1, -0.05) is 0 Å². The molecule has 0 aromatic rings. The Hall–Kier alpha value is -0.120. The minimum atomic E-state index is 0.242. The van der Waals surface area contributed by atoms with Gasteiger partial charge in [-0.2, -0.15) is 0 Å². The molecule has 0 aromatic carbocycles. The van der Waals surface area contributed by atoms with Crippen LogP contribution in [0.4, 0.5) is 0 Å². The van der Waals surface area contributed by atoms with Crippen LogP contribution in [0.2, 0.25) is 0 Å². The van der Waals surface area contributed by atoms with Crippen LogP contribution in [0.5, 0.6) is 0 Å². The molecule has 0 saturated carbocycles. The molecule has 1 atom stereocenters. The molecule has 3 heteroatoms. The van der Waals surface area contributed by atoms with Gasteiger partial charge < -0.3 is 10.2 Å². The van der Waals surface area contributed by atoms with Crippen molar-refractivity contribution in [3.63, 3.8) is 0 Å². The van der Waals surface area contributed by atoms with Crippen molar-refractivity contribution in [1.82, 2.24) is 15.1 Å². The van der Waals surface area contributed by atoms with Gasteiger partial charge in [0.2, 0.25) is 0 Å². The number of likely N-dealkylation sites (tertiary alicyclic amines) is 2. The zero-order chi connectivity index (χ0) is 16.4. The third-order valence-electron chi connectivity index (χ3n) is 5.22. The Morgan fingerprint density at radius 2 is 1.55 bits per heavy atom. The molecule has 0 aliphatic carbocycles. The van der Waals surface area contributed by atoms with Gasteiger partial charge in [-0.3, -0.25) is 4.90 Å². The van der Waals surface area contributed by atoms with Crippen LogP contribution in [-0.4, -0.2) is 59.6 Å². The lowest BCUT2D eigenvalue weighted by Gasteiger charge is -2.43. The molecule has 130 valence electrons. The Morgan fingerprint density at radius 1 is 0.909 bits per heavy atom. The molecule has 2 fully saturated rings. The van der Waals surface area contributed by atoms with E-state index in [4.69, 9.17) is 0 Å². The number of hydrogen-bond acceptors (Lipinski definition) is 3. The van der Waals surface area contributed by atoms with E-state index < -0.39 is 0 Å². The van der Waals surface area contributed by atoms with Gasteiger partial charge in [0.15, 0.2) is 0 Å². The molecule has 22 heavy (non-hydrogen) atoms. The average Bonchev–Trinajstić information content (AvgIpc) is 2.36. The number of hydrogen-bond donors (Lipinski definition) is 1. The molecule has 2 rings (SSSR count). The highest BCUT2D eigenvalue weighted by atomic mass is 15.2. The van der Waals surface area contributed by atoms with Crippen LogP contribution in [0.1, 0.15) is 67.2 Å². The van der Waals surface area contributed by atoms with Crippen LogP contribution < -0.4 is 5.32 Å². The summed E-state index contributed by atoms with van der Waals surface area (Å²) in [7, 11) is 0. The number of rotatable bonds is 3. The van der Waals surface area contributed by atoms with E-state index in [2.05, 4.69) is 56.7 Å². The zero-order valence-electron chi connectivity index (χ0n) is 15.9. The monoisotopic (exact) mass is 309 g/mol. The summed E-state index contributed by atoms with van der Waals surface area (Å²) in [5.41, 5.74) is 0.587. The second-order valence-corrected chi connectivity index (χ2v) is 9.59. The van der Waals surface area contributed by atoms with E-state index in [-0.39, 0.29) is 5.54 Å². The summed E-state index contributed by atoms with van der Waals surface area (Å²) < 4.78 is 0. The highest BCUT2D eigenvalue weighted by molar-refractivity contribution is 4.87. The SMILES string of the molecule is CC(C)(C)N[C@@H]1CCCN(CC2CCN(C(C)(C)C)CC2)C1. The standard InChI is InChI=1S/C19H39N3/c1-18(2,3)20-17-8-7-11-21(15-17)14-16-9-12-22(13-10-16)19(4,5)6/h16-17,20H,7-15H2,1-6H3/t17-/m1/s1. The molecule has 0 spiro atoms. The molecule has 0 amide bonds. The Kier molecular flexibility index (Phi) is 5.95. The maximum absolute atomic E-state index is 3.80. The summed E-state index contributed by atoms with van der Waals surface area (Å²) in [6.45, 7) is 20.3. The van der Waals surface area contributed by atoms with Crippen molar-refractivity contribution in [3.05, 3.63) is 0 Å². The van der Waals surface area contributed by atoms with Crippen LogP contribution in [0.15, 0.2) is 0 Å². The maximum atomic E-state index is 3.80. The molecule has 2 aliphatic heterocycles. The second kappa shape index (κ2) is 7.19. The topological polar surface area (TPSA) is 18.5 Å². The molecule has 1 N–H and O–H groups in total. The van der Waals surface area contributed by atoms with Crippen molar-refractivity contribution in [2.75, 3.05) is 32.7 Å². The predicted molar refractivity (Wildman–Crippen MR) is 96.4 cm³/mol. The van der Waals surface area contributed by atoms with Crippen LogP contribution in [0.3, 0.4) is 0 Å². The summed E-state index contributed by atoms with van der Waals surface area (Å²) in [5, 5.41) is 3.80. The van der Waals surface area contributed by atoms with Gasteiger partial charge in [-0.15, -0.1) is 0 Å². The Labute approximate surface area is 138 Å². The van der Waals surface area contributed by atoms with Gasteiger partial charge in [0, 0.05) is 30.2 Å². The largest absolute Gasteiger partial charge is 0.308 e. The smallest absolute Gasteiger partial charge is 0.0200 e. The molecule has 2 saturated heterocycles. The van der Waals surface area contributed by atoms with Crippen molar-refractivity contribution in [2.45, 2.75) is 84.3 Å². The van der Waals surface area contributed by atoms with Crippen LogP contribution >= 0.6 is 0 Å². The number of nitrogens with one attached hydrogen (secondary N) is 1.